The summed E-state index contributed by atoms with van der Waals surface area (Å²) in [6.45, 7) is 1.35. The number of carbonyl (C=O) groups excluding carboxylic acids is 2. The highest BCUT2D eigenvalue weighted by molar-refractivity contribution is 6.62. The zero-order chi connectivity index (χ0) is 18.4. The number of amides is 2. The van der Waals surface area contributed by atoms with Gasteiger partial charge in [-0.1, -0.05) is 18.2 Å². The summed E-state index contributed by atoms with van der Waals surface area (Å²) in [5.74, 6) is 0. The molecular formula is C16H16ClF3N2O3. The van der Waals surface area contributed by atoms with E-state index in [1.807, 2.05) is 0 Å². The smallest absolute Gasteiger partial charge is 0.416 e. The zero-order valence-electron chi connectivity index (χ0n) is 13.1. The number of rotatable bonds is 3. The summed E-state index contributed by atoms with van der Waals surface area (Å²) < 4.78 is 42.4. The van der Waals surface area contributed by atoms with E-state index in [-0.39, 0.29) is 6.61 Å². The van der Waals surface area contributed by atoms with Crippen LogP contribution in [0.25, 0.3) is 6.08 Å². The first-order valence-electron chi connectivity index (χ1n) is 7.47. The molecule has 0 aromatic heterocycles. The van der Waals surface area contributed by atoms with E-state index in [2.05, 4.69) is 0 Å². The van der Waals surface area contributed by atoms with Gasteiger partial charge in [0.05, 0.1) is 5.56 Å². The number of piperazine rings is 1. The van der Waals surface area contributed by atoms with E-state index < -0.39 is 23.2 Å². The molecule has 0 radical (unpaired) electrons. The Kier molecular flexibility index (Phi) is 6.30. The lowest BCUT2D eigenvalue weighted by atomic mass is 10.1. The van der Waals surface area contributed by atoms with Gasteiger partial charge in [-0.05, 0) is 35.4 Å². The van der Waals surface area contributed by atoms with Crippen LogP contribution in [0.5, 0.6) is 0 Å². The Hall–Kier alpha value is -2.22. The van der Waals surface area contributed by atoms with E-state index in [9.17, 15) is 22.8 Å². The minimum Gasteiger partial charge on any atom is -0.445 e. The molecule has 2 rings (SSSR count). The number of ether oxygens (including phenoxy) is 1. The van der Waals surface area contributed by atoms with Gasteiger partial charge in [0.2, 0.25) is 0 Å². The average molecular weight is 377 g/mol. The van der Waals surface area contributed by atoms with Crippen molar-refractivity contribution in [2.24, 2.45) is 0 Å². The van der Waals surface area contributed by atoms with Gasteiger partial charge in [0.25, 0.3) is 0 Å². The second-order valence-electron chi connectivity index (χ2n) is 5.33. The lowest BCUT2D eigenvalue weighted by Gasteiger charge is -2.32. The normalized spacial score (nSPS) is 15.5. The largest absolute Gasteiger partial charge is 0.445 e. The number of carbonyl (C=O) groups is 2. The van der Waals surface area contributed by atoms with Gasteiger partial charge in [-0.3, -0.25) is 4.79 Å². The topological polar surface area (TPSA) is 49.9 Å². The minimum absolute atomic E-state index is 0.00545. The number of benzene rings is 1. The van der Waals surface area contributed by atoms with E-state index in [1.54, 1.807) is 12.2 Å². The van der Waals surface area contributed by atoms with Crippen molar-refractivity contribution >= 4 is 29.1 Å². The molecule has 5 nitrogen and oxygen atoms in total. The maximum Gasteiger partial charge on any atom is 0.416 e. The van der Waals surface area contributed by atoms with Crippen molar-refractivity contribution in [1.29, 1.82) is 0 Å². The lowest BCUT2D eigenvalue weighted by molar-refractivity contribution is -0.137. The van der Waals surface area contributed by atoms with Crippen molar-refractivity contribution in [3.05, 3.63) is 41.5 Å². The van der Waals surface area contributed by atoms with Crippen molar-refractivity contribution in [3.63, 3.8) is 0 Å². The molecule has 1 aliphatic rings. The Labute approximate surface area is 147 Å². The van der Waals surface area contributed by atoms with Crippen LogP contribution in [0.3, 0.4) is 0 Å². The molecule has 0 N–H and O–H groups in total. The molecule has 9 heteroatoms. The van der Waals surface area contributed by atoms with Crippen LogP contribution in [0.15, 0.2) is 30.3 Å². The Morgan fingerprint density at radius 1 is 1.08 bits per heavy atom. The molecule has 1 fully saturated rings. The van der Waals surface area contributed by atoms with Crippen LogP contribution in [0.1, 0.15) is 11.1 Å². The molecule has 1 aromatic carbocycles. The van der Waals surface area contributed by atoms with Gasteiger partial charge < -0.3 is 14.5 Å². The molecule has 136 valence electrons. The number of halogens is 4. The Morgan fingerprint density at radius 2 is 1.64 bits per heavy atom. The van der Waals surface area contributed by atoms with Gasteiger partial charge in [0, 0.05) is 26.2 Å². The van der Waals surface area contributed by atoms with Gasteiger partial charge in [-0.25, -0.2) is 4.79 Å². The standard InChI is InChI=1S/C16H16ClF3N2O3/c17-14(23)21-7-9-22(10-8-21)15(24)25-11-1-2-12-3-5-13(6-4-12)16(18,19)20/h1-6H,7-11H2. The molecule has 0 aliphatic carbocycles. The van der Waals surface area contributed by atoms with Gasteiger partial charge >= 0.3 is 17.6 Å². The molecule has 0 saturated carbocycles. The van der Waals surface area contributed by atoms with Crippen LogP contribution in [-0.4, -0.2) is 54.0 Å². The highest BCUT2D eigenvalue weighted by atomic mass is 35.5. The van der Waals surface area contributed by atoms with E-state index in [4.69, 9.17) is 16.3 Å². The first kappa shape index (κ1) is 19.1. The predicted molar refractivity (Wildman–Crippen MR) is 86.2 cm³/mol. The van der Waals surface area contributed by atoms with Crippen LogP contribution in [0.2, 0.25) is 0 Å². The summed E-state index contributed by atoms with van der Waals surface area (Å²) in [4.78, 5) is 25.7. The zero-order valence-corrected chi connectivity index (χ0v) is 13.9. The van der Waals surface area contributed by atoms with Gasteiger partial charge in [-0.15, -0.1) is 0 Å². The van der Waals surface area contributed by atoms with Crippen molar-refractivity contribution < 1.29 is 27.5 Å². The fourth-order valence-corrected chi connectivity index (χ4v) is 2.41. The first-order valence-corrected chi connectivity index (χ1v) is 7.85. The van der Waals surface area contributed by atoms with Crippen LogP contribution in [-0.2, 0) is 10.9 Å². The highest BCUT2D eigenvalue weighted by Gasteiger charge is 2.29. The molecular weight excluding hydrogens is 361 g/mol. The average Bonchev–Trinajstić information content (AvgIpc) is 2.58. The summed E-state index contributed by atoms with van der Waals surface area (Å²) >= 11 is 5.36. The van der Waals surface area contributed by atoms with E-state index >= 15 is 0 Å². The molecule has 1 heterocycles. The quantitative estimate of drug-likeness (QED) is 0.595. The molecule has 1 aliphatic heterocycles. The third-order valence-electron chi connectivity index (χ3n) is 3.64. The number of alkyl halides is 3. The lowest BCUT2D eigenvalue weighted by Crippen LogP contribution is -2.49. The minimum atomic E-state index is -4.37. The van der Waals surface area contributed by atoms with E-state index in [0.29, 0.717) is 31.7 Å². The Balaban J connectivity index is 1.76. The van der Waals surface area contributed by atoms with Crippen molar-refractivity contribution in [2.75, 3.05) is 32.8 Å². The van der Waals surface area contributed by atoms with Gasteiger partial charge in [-0.2, -0.15) is 13.2 Å². The van der Waals surface area contributed by atoms with Crippen molar-refractivity contribution in [2.45, 2.75) is 6.18 Å². The Morgan fingerprint density at radius 3 is 2.16 bits per heavy atom. The van der Waals surface area contributed by atoms with Gasteiger partial charge in [0.1, 0.15) is 6.61 Å². The van der Waals surface area contributed by atoms with Crippen LogP contribution in [0.4, 0.5) is 22.8 Å². The van der Waals surface area contributed by atoms with Crippen LogP contribution < -0.4 is 0 Å². The monoisotopic (exact) mass is 376 g/mol. The maximum atomic E-state index is 12.5. The molecule has 0 atom stereocenters. The third-order valence-corrected chi connectivity index (χ3v) is 3.88. The van der Waals surface area contributed by atoms with Gasteiger partial charge in [0.15, 0.2) is 0 Å². The molecule has 25 heavy (non-hydrogen) atoms. The fraction of sp³-hybridized carbons (Fsp3) is 0.375. The van der Waals surface area contributed by atoms with Crippen molar-refractivity contribution in [3.8, 4) is 0 Å². The van der Waals surface area contributed by atoms with E-state index in [0.717, 1.165) is 12.1 Å². The summed E-state index contributed by atoms with van der Waals surface area (Å²) in [7, 11) is 0. The molecule has 0 unspecified atom stereocenters. The summed E-state index contributed by atoms with van der Waals surface area (Å²) in [6.07, 6.45) is -1.77. The van der Waals surface area contributed by atoms with E-state index in [1.165, 1.54) is 21.9 Å². The van der Waals surface area contributed by atoms with Crippen LogP contribution >= 0.6 is 11.6 Å². The highest BCUT2D eigenvalue weighted by Crippen LogP contribution is 2.29. The number of hydrogen-bond acceptors (Lipinski definition) is 3. The van der Waals surface area contributed by atoms with Crippen molar-refractivity contribution in [1.82, 2.24) is 9.80 Å². The predicted octanol–water partition coefficient (Wildman–Crippen LogP) is 3.83. The second kappa shape index (κ2) is 8.24. The summed E-state index contributed by atoms with van der Waals surface area (Å²) in [6, 6.07) is 4.65. The number of hydrogen-bond donors (Lipinski definition) is 0. The summed E-state index contributed by atoms with van der Waals surface area (Å²) in [5, 5.41) is -0.549. The third kappa shape index (κ3) is 5.67. The molecule has 1 saturated heterocycles. The fourth-order valence-electron chi connectivity index (χ4n) is 2.24. The molecule has 0 spiro atoms. The van der Waals surface area contributed by atoms with Crippen LogP contribution in [0, 0.1) is 0 Å². The Bertz CT molecular complexity index is 639. The molecule has 2 amide bonds. The maximum absolute atomic E-state index is 12.5. The number of nitrogens with zero attached hydrogens (tertiary/aromatic N) is 2. The SMILES string of the molecule is O=C(Cl)N1CCN(C(=O)OCC=Cc2ccc(C(F)(F)F)cc2)CC1. The summed E-state index contributed by atoms with van der Waals surface area (Å²) in [5.41, 5.74) is -0.149. The molecule has 0 bridgehead atoms. The molecule has 1 aromatic rings. The second-order valence-corrected chi connectivity index (χ2v) is 5.65. The first-order chi connectivity index (χ1) is 11.8.